The lowest BCUT2D eigenvalue weighted by molar-refractivity contribution is -0.116. The van der Waals surface area contributed by atoms with Crippen LogP contribution in [0.15, 0.2) is 53.7 Å². The van der Waals surface area contributed by atoms with E-state index >= 15 is 0 Å². The lowest BCUT2D eigenvalue weighted by atomic mass is 10.1. The van der Waals surface area contributed by atoms with E-state index in [1.165, 1.54) is 11.8 Å². The van der Waals surface area contributed by atoms with Gasteiger partial charge in [0.05, 0.1) is 16.8 Å². The Morgan fingerprint density at radius 2 is 1.90 bits per heavy atom. The number of hydrogen-bond acceptors (Lipinski definition) is 5. The van der Waals surface area contributed by atoms with Crippen molar-refractivity contribution in [2.75, 3.05) is 11.1 Å². The van der Waals surface area contributed by atoms with Gasteiger partial charge in [-0.15, -0.1) is 5.10 Å². The predicted molar refractivity (Wildman–Crippen MR) is 114 cm³/mol. The molecule has 0 atom stereocenters. The molecule has 0 saturated carbocycles. The van der Waals surface area contributed by atoms with Crippen LogP contribution in [0.4, 0.5) is 5.69 Å². The molecule has 0 radical (unpaired) electrons. The van der Waals surface area contributed by atoms with Gasteiger partial charge in [-0.1, -0.05) is 37.7 Å². The van der Waals surface area contributed by atoms with Crippen molar-refractivity contribution in [1.82, 2.24) is 19.6 Å². The van der Waals surface area contributed by atoms with Gasteiger partial charge in [0.25, 0.3) is 0 Å². The van der Waals surface area contributed by atoms with E-state index in [4.69, 9.17) is 0 Å². The van der Waals surface area contributed by atoms with Crippen molar-refractivity contribution in [2.45, 2.75) is 25.4 Å². The largest absolute Gasteiger partial charge is 0.326 e. The molecular weight excluding hydrogens is 386 g/mol. The van der Waals surface area contributed by atoms with E-state index < -0.39 is 0 Å². The van der Waals surface area contributed by atoms with E-state index in [0.29, 0.717) is 34.5 Å². The molecule has 0 aliphatic carbocycles. The van der Waals surface area contributed by atoms with E-state index in [0.717, 1.165) is 11.0 Å². The number of amides is 1. The zero-order valence-corrected chi connectivity index (χ0v) is 17.0. The van der Waals surface area contributed by atoms with Gasteiger partial charge in [0, 0.05) is 17.7 Å². The summed E-state index contributed by atoms with van der Waals surface area (Å²) in [5, 5.41) is 10.7. The molecule has 0 bridgehead atoms. The molecule has 0 aliphatic heterocycles. The summed E-state index contributed by atoms with van der Waals surface area (Å²) in [6.07, 6.45) is 0.471. The summed E-state index contributed by atoms with van der Waals surface area (Å²) in [5.41, 5.74) is 3.12. The molecular formula is C21H21N5O2S. The first kappa shape index (κ1) is 19.2. The molecule has 29 heavy (non-hydrogen) atoms. The van der Waals surface area contributed by atoms with Crippen LogP contribution < -0.4 is 5.32 Å². The van der Waals surface area contributed by atoms with Crippen molar-refractivity contribution in [3.8, 4) is 0 Å². The minimum absolute atomic E-state index is 0.00405. The van der Waals surface area contributed by atoms with Gasteiger partial charge in [-0.05, 0) is 42.3 Å². The van der Waals surface area contributed by atoms with Crippen LogP contribution >= 0.6 is 11.8 Å². The number of rotatable bonds is 7. The number of para-hydroxylation sites is 2. The lowest BCUT2D eigenvalue weighted by Crippen LogP contribution is -2.14. The third-order valence-corrected chi connectivity index (χ3v) is 5.36. The molecule has 0 saturated heterocycles. The van der Waals surface area contributed by atoms with E-state index in [1.54, 1.807) is 24.3 Å². The second-order valence-corrected chi connectivity index (χ2v) is 8.14. The molecule has 4 aromatic rings. The molecule has 1 amide bonds. The third-order valence-electron chi connectivity index (χ3n) is 4.42. The Bertz CT molecular complexity index is 1180. The zero-order valence-electron chi connectivity index (χ0n) is 16.2. The molecule has 2 aromatic heterocycles. The standard InChI is InChI=1S/C21H21N5O2S/c1-13(2)11-19(28)22-15-9-7-14(8-10-15)18(27)12-29-21-25-24-20-23-16-5-3-4-6-17(16)26(20)21/h3-10,13H,11-12H2,1-2H3,(H,22,28)(H,23,24). The number of nitrogens with zero attached hydrogens (tertiary/aromatic N) is 3. The van der Waals surface area contributed by atoms with Crippen molar-refractivity contribution in [3.63, 3.8) is 0 Å². The van der Waals surface area contributed by atoms with Gasteiger partial charge >= 0.3 is 0 Å². The number of imidazole rings is 1. The van der Waals surface area contributed by atoms with E-state index in [9.17, 15) is 9.59 Å². The topological polar surface area (TPSA) is 92.1 Å². The maximum atomic E-state index is 12.6. The quantitative estimate of drug-likeness (QED) is 0.354. The Hall–Kier alpha value is -3.13. The number of aromatic amines is 1. The molecule has 7 nitrogen and oxygen atoms in total. The molecule has 0 fully saturated rings. The number of benzene rings is 2. The molecule has 2 heterocycles. The fourth-order valence-corrected chi connectivity index (χ4v) is 3.93. The molecule has 8 heteroatoms. The highest BCUT2D eigenvalue weighted by Crippen LogP contribution is 2.23. The van der Waals surface area contributed by atoms with Crippen LogP contribution in [0.2, 0.25) is 0 Å². The number of fused-ring (bicyclic) bond motifs is 3. The molecule has 4 rings (SSSR count). The van der Waals surface area contributed by atoms with Gasteiger partial charge < -0.3 is 5.32 Å². The van der Waals surface area contributed by atoms with Gasteiger partial charge in [0.2, 0.25) is 11.7 Å². The third kappa shape index (κ3) is 4.17. The van der Waals surface area contributed by atoms with Gasteiger partial charge in [-0.25, -0.2) is 10.1 Å². The lowest BCUT2D eigenvalue weighted by Gasteiger charge is -2.08. The van der Waals surface area contributed by atoms with E-state index in [2.05, 4.69) is 20.5 Å². The summed E-state index contributed by atoms with van der Waals surface area (Å²) in [6, 6.07) is 14.8. The van der Waals surface area contributed by atoms with E-state index in [1.807, 2.05) is 42.5 Å². The first-order valence-electron chi connectivity index (χ1n) is 9.39. The summed E-state index contributed by atoms with van der Waals surface area (Å²) >= 11 is 1.36. The Labute approximate surface area is 171 Å². The van der Waals surface area contributed by atoms with Crippen molar-refractivity contribution >= 4 is 46.0 Å². The number of ketones is 1. The zero-order chi connectivity index (χ0) is 20.4. The first-order chi connectivity index (χ1) is 14.0. The maximum Gasteiger partial charge on any atom is 0.231 e. The Kier molecular flexibility index (Phi) is 5.35. The minimum atomic E-state index is -0.0234. The van der Waals surface area contributed by atoms with Crippen LogP contribution in [0.3, 0.4) is 0 Å². The summed E-state index contributed by atoms with van der Waals surface area (Å²) < 4.78 is 1.92. The average Bonchev–Trinajstić information content (AvgIpc) is 3.25. The number of aromatic nitrogens is 4. The Morgan fingerprint density at radius 3 is 2.66 bits per heavy atom. The Balaban J connectivity index is 1.42. The van der Waals surface area contributed by atoms with Crippen molar-refractivity contribution in [2.24, 2.45) is 5.92 Å². The van der Waals surface area contributed by atoms with Crippen LogP contribution in [0, 0.1) is 5.92 Å². The van der Waals surface area contributed by atoms with Crippen molar-refractivity contribution in [3.05, 3.63) is 54.1 Å². The number of anilines is 1. The molecule has 148 valence electrons. The number of nitrogens with one attached hydrogen (secondary N) is 2. The number of carbonyl (C=O) groups is 2. The summed E-state index contributed by atoms with van der Waals surface area (Å²) in [5.74, 6) is 1.18. The SMILES string of the molecule is CC(C)CC(=O)Nc1ccc(C(=O)CSc2n[nH]c3nc4ccccc4n23)cc1. The molecule has 2 N–H and O–H groups in total. The van der Waals surface area contributed by atoms with Gasteiger partial charge in [0.1, 0.15) is 0 Å². The number of carbonyl (C=O) groups excluding carboxylic acids is 2. The highest BCUT2D eigenvalue weighted by Gasteiger charge is 2.14. The van der Waals surface area contributed by atoms with Crippen molar-refractivity contribution in [1.29, 1.82) is 0 Å². The van der Waals surface area contributed by atoms with Gasteiger partial charge in [0.15, 0.2) is 10.9 Å². The van der Waals surface area contributed by atoms with Crippen LogP contribution in [-0.2, 0) is 4.79 Å². The smallest absolute Gasteiger partial charge is 0.231 e. The Morgan fingerprint density at radius 1 is 1.14 bits per heavy atom. The number of hydrogen-bond donors (Lipinski definition) is 2. The van der Waals surface area contributed by atoms with Crippen LogP contribution in [0.5, 0.6) is 0 Å². The summed E-state index contributed by atoms with van der Waals surface area (Å²) in [6.45, 7) is 4.00. The second kappa shape index (κ2) is 8.08. The molecule has 0 spiro atoms. The summed E-state index contributed by atoms with van der Waals surface area (Å²) in [7, 11) is 0. The first-order valence-corrected chi connectivity index (χ1v) is 10.4. The van der Waals surface area contributed by atoms with Crippen LogP contribution in [0.1, 0.15) is 30.6 Å². The highest BCUT2D eigenvalue weighted by atomic mass is 32.2. The maximum absolute atomic E-state index is 12.6. The number of Topliss-reactive ketones (excluding diaryl/α,β-unsaturated/α-hetero) is 1. The molecule has 2 aromatic carbocycles. The van der Waals surface area contributed by atoms with E-state index in [-0.39, 0.29) is 17.4 Å². The normalized spacial score (nSPS) is 11.4. The fourth-order valence-electron chi connectivity index (χ4n) is 3.07. The molecule has 0 unspecified atom stereocenters. The van der Waals surface area contributed by atoms with Crippen molar-refractivity contribution < 1.29 is 9.59 Å². The fraction of sp³-hybridized carbons (Fsp3) is 0.238. The minimum Gasteiger partial charge on any atom is -0.326 e. The number of thioether (sulfide) groups is 1. The number of H-pyrrole nitrogens is 1. The predicted octanol–water partition coefficient (Wildman–Crippen LogP) is 4.17. The highest BCUT2D eigenvalue weighted by molar-refractivity contribution is 7.99. The molecule has 0 aliphatic rings. The van der Waals surface area contributed by atoms with Gasteiger partial charge in [-0.2, -0.15) is 0 Å². The second-order valence-electron chi connectivity index (χ2n) is 7.20. The average molecular weight is 407 g/mol. The van der Waals surface area contributed by atoms with Crippen LogP contribution in [0.25, 0.3) is 16.8 Å². The summed E-state index contributed by atoms with van der Waals surface area (Å²) in [4.78, 5) is 28.9. The van der Waals surface area contributed by atoms with Gasteiger partial charge in [-0.3, -0.25) is 14.0 Å². The van der Waals surface area contributed by atoms with Crippen LogP contribution in [-0.4, -0.2) is 37.0 Å². The monoisotopic (exact) mass is 407 g/mol.